The molecule has 5 nitrogen and oxygen atoms in total. The first kappa shape index (κ1) is 11.6. The molecule has 0 aliphatic carbocycles. The van der Waals surface area contributed by atoms with E-state index in [2.05, 4.69) is 31.7 Å². The average Bonchev–Trinajstić information content (AvgIpc) is 2.73. The number of fused-ring (bicyclic) bond motifs is 1. The van der Waals surface area contributed by atoms with Gasteiger partial charge in [-0.05, 0) is 19.1 Å². The zero-order valence-electron chi connectivity index (χ0n) is 10.8. The predicted molar refractivity (Wildman–Crippen MR) is 71.6 cm³/mol. The molecule has 1 saturated heterocycles. The fourth-order valence-corrected chi connectivity index (χ4v) is 2.52. The summed E-state index contributed by atoms with van der Waals surface area (Å²) in [5, 5.41) is 3.38. The molecule has 2 aromatic rings. The highest BCUT2D eigenvalue weighted by atomic mass is 15.2. The van der Waals surface area contributed by atoms with Gasteiger partial charge in [0.2, 0.25) is 0 Å². The third-order valence-electron chi connectivity index (χ3n) is 3.54. The molecule has 1 aliphatic rings. The summed E-state index contributed by atoms with van der Waals surface area (Å²) in [6.07, 6.45) is 1.84. The molecule has 0 aromatic carbocycles. The van der Waals surface area contributed by atoms with Gasteiger partial charge in [-0.15, -0.1) is 0 Å². The number of pyridine rings is 1. The average molecular weight is 245 g/mol. The third-order valence-corrected chi connectivity index (χ3v) is 3.54. The van der Waals surface area contributed by atoms with E-state index in [1.807, 2.05) is 18.3 Å². The van der Waals surface area contributed by atoms with Gasteiger partial charge >= 0.3 is 0 Å². The van der Waals surface area contributed by atoms with Crippen LogP contribution in [-0.2, 0) is 6.54 Å². The normalized spacial score (nSPS) is 17.4. The highest BCUT2D eigenvalue weighted by molar-refractivity contribution is 5.70. The van der Waals surface area contributed by atoms with Gasteiger partial charge < -0.3 is 9.88 Å². The van der Waals surface area contributed by atoms with Gasteiger partial charge in [-0.1, -0.05) is 0 Å². The Labute approximate surface area is 107 Å². The molecule has 0 bridgehead atoms. The summed E-state index contributed by atoms with van der Waals surface area (Å²) >= 11 is 0. The van der Waals surface area contributed by atoms with Crippen LogP contribution in [0.25, 0.3) is 11.2 Å². The van der Waals surface area contributed by atoms with Crippen LogP contribution in [0.15, 0.2) is 18.3 Å². The Bertz CT molecular complexity index is 527. The van der Waals surface area contributed by atoms with Crippen LogP contribution in [0.3, 0.4) is 0 Å². The molecular formula is C13H19N5. The van der Waals surface area contributed by atoms with Crippen LogP contribution in [-0.4, -0.2) is 52.2 Å². The van der Waals surface area contributed by atoms with Crippen LogP contribution in [0.1, 0.15) is 5.82 Å². The molecule has 0 atom stereocenters. The topological polar surface area (TPSA) is 46.0 Å². The summed E-state index contributed by atoms with van der Waals surface area (Å²) < 4.78 is 2.22. The monoisotopic (exact) mass is 245 g/mol. The Kier molecular flexibility index (Phi) is 3.25. The van der Waals surface area contributed by atoms with Crippen molar-refractivity contribution in [1.29, 1.82) is 0 Å². The van der Waals surface area contributed by atoms with Gasteiger partial charge in [0.1, 0.15) is 11.3 Å². The molecule has 1 fully saturated rings. The van der Waals surface area contributed by atoms with E-state index in [9.17, 15) is 0 Å². The van der Waals surface area contributed by atoms with Crippen LogP contribution in [0, 0.1) is 6.92 Å². The molecule has 0 radical (unpaired) electrons. The van der Waals surface area contributed by atoms with E-state index in [1.165, 1.54) is 0 Å². The smallest absolute Gasteiger partial charge is 0.160 e. The second-order valence-corrected chi connectivity index (χ2v) is 4.75. The van der Waals surface area contributed by atoms with E-state index in [1.54, 1.807) is 0 Å². The molecule has 96 valence electrons. The van der Waals surface area contributed by atoms with Crippen molar-refractivity contribution in [2.24, 2.45) is 0 Å². The van der Waals surface area contributed by atoms with E-state index in [0.29, 0.717) is 0 Å². The maximum atomic E-state index is 4.55. The largest absolute Gasteiger partial charge is 0.314 e. The molecule has 18 heavy (non-hydrogen) atoms. The van der Waals surface area contributed by atoms with Crippen LogP contribution in [0.2, 0.25) is 0 Å². The molecular weight excluding hydrogens is 226 g/mol. The first-order valence-corrected chi connectivity index (χ1v) is 6.55. The summed E-state index contributed by atoms with van der Waals surface area (Å²) in [6, 6.07) is 3.96. The Morgan fingerprint density at radius 3 is 2.94 bits per heavy atom. The van der Waals surface area contributed by atoms with Crippen molar-refractivity contribution in [3.8, 4) is 0 Å². The van der Waals surface area contributed by atoms with Crippen LogP contribution < -0.4 is 5.32 Å². The molecule has 0 spiro atoms. The van der Waals surface area contributed by atoms with Crippen molar-refractivity contribution in [2.45, 2.75) is 13.5 Å². The van der Waals surface area contributed by atoms with Gasteiger partial charge in [-0.25, -0.2) is 9.97 Å². The third kappa shape index (κ3) is 2.23. The fraction of sp³-hybridized carbons (Fsp3) is 0.538. The summed E-state index contributed by atoms with van der Waals surface area (Å²) in [6.45, 7) is 8.57. The summed E-state index contributed by atoms with van der Waals surface area (Å²) in [7, 11) is 0. The lowest BCUT2D eigenvalue weighted by atomic mass is 10.3. The van der Waals surface area contributed by atoms with E-state index >= 15 is 0 Å². The molecule has 1 N–H and O–H groups in total. The van der Waals surface area contributed by atoms with Crippen LogP contribution >= 0.6 is 0 Å². The minimum atomic E-state index is 0.972. The predicted octanol–water partition coefficient (Wildman–Crippen LogP) is 0.645. The van der Waals surface area contributed by atoms with Crippen LogP contribution in [0.5, 0.6) is 0 Å². The van der Waals surface area contributed by atoms with Gasteiger partial charge in [-0.3, -0.25) is 4.90 Å². The lowest BCUT2D eigenvalue weighted by Crippen LogP contribution is -2.44. The maximum Gasteiger partial charge on any atom is 0.160 e. The number of nitrogens with zero attached hydrogens (tertiary/aromatic N) is 4. The number of nitrogens with one attached hydrogen (secondary N) is 1. The number of rotatable bonds is 3. The molecule has 0 amide bonds. The molecule has 1 aliphatic heterocycles. The van der Waals surface area contributed by atoms with Crippen LogP contribution in [0.4, 0.5) is 0 Å². The van der Waals surface area contributed by atoms with Crippen molar-refractivity contribution >= 4 is 11.2 Å². The molecule has 5 heteroatoms. The molecule has 3 rings (SSSR count). The van der Waals surface area contributed by atoms with Gasteiger partial charge in [0.15, 0.2) is 5.65 Å². The first-order valence-electron chi connectivity index (χ1n) is 6.55. The summed E-state index contributed by atoms with van der Waals surface area (Å²) in [5.41, 5.74) is 2.00. The number of hydrogen-bond donors (Lipinski definition) is 1. The van der Waals surface area contributed by atoms with Crippen molar-refractivity contribution in [1.82, 2.24) is 24.8 Å². The number of aromatic nitrogens is 3. The lowest BCUT2D eigenvalue weighted by molar-refractivity contribution is 0.232. The SMILES string of the molecule is Cc1nc2cccnc2n1CCN1CCNCC1. The number of piperazine rings is 1. The maximum absolute atomic E-state index is 4.55. The lowest BCUT2D eigenvalue weighted by Gasteiger charge is -2.27. The molecule has 2 aromatic heterocycles. The van der Waals surface area contributed by atoms with Crippen molar-refractivity contribution in [3.63, 3.8) is 0 Å². The fourth-order valence-electron chi connectivity index (χ4n) is 2.52. The van der Waals surface area contributed by atoms with Gasteiger partial charge in [0.25, 0.3) is 0 Å². The highest BCUT2D eigenvalue weighted by Crippen LogP contribution is 2.12. The van der Waals surface area contributed by atoms with Crippen molar-refractivity contribution in [2.75, 3.05) is 32.7 Å². The minimum absolute atomic E-state index is 0.972. The summed E-state index contributed by atoms with van der Waals surface area (Å²) in [4.78, 5) is 11.5. The van der Waals surface area contributed by atoms with Crippen molar-refractivity contribution in [3.05, 3.63) is 24.2 Å². The zero-order chi connectivity index (χ0) is 12.4. The molecule has 0 saturated carbocycles. The van der Waals surface area contributed by atoms with Gasteiger partial charge in [0.05, 0.1) is 0 Å². The summed E-state index contributed by atoms with van der Waals surface area (Å²) in [5.74, 6) is 1.05. The number of imidazole rings is 1. The Morgan fingerprint density at radius 2 is 2.11 bits per heavy atom. The van der Waals surface area contributed by atoms with Gasteiger partial charge in [-0.2, -0.15) is 0 Å². The second-order valence-electron chi connectivity index (χ2n) is 4.75. The number of aryl methyl sites for hydroxylation is 1. The first-order chi connectivity index (χ1) is 8.84. The molecule has 3 heterocycles. The van der Waals surface area contributed by atoms with E-state index in [4.69, 9.17) is 0 Å². The van der Waals surface area contributed by atoms with Crippen molar-refractivity contribution < 1.29 is 0 Å². The van der Waals surface area contributed by atoms with E-state index in [-0.39, 0.29) is 0 Å². The standard InChI is InChI=1S/C13H19N5/c1-11-16-12-3-2-4-15-13(12)18(11)10-9-17-7-5-14-6-8-17/h2-4,14H,5-10H2,1H3. The molecule has 0 unspecified atom stereocenters. The van der Waals surface area contributed by atoms with Gasteiger partial charge in [0, 0.05) is 45.5 Å². The Balaban J connectivity index is 1.75. The quantitative estimate of drug-likeness (QED) is 0.862. The minimum Gasteiger partial charge on any atom is -0.314 e. The highest BCUT2D eigenvalue weighted by Gasteiger charge is 2.12. The Hall–Kier alpha value is -1.46. The Morgan fingerprint density at radius 1 is 1.28 bits per heavy atom. The zero-order valence-corrected chi connectivity index (χ0v) is 10.8. The number of hydrogen-bond acceptors (Lipinski definition) is 4. The second kappa shape index (κ2) is 5.04. The van der Waals surface area contributed by atoms with E-state index in [0.717, 1.165) is 56.3 Å². The van der Waals surface area contributed by atoms with E-state index < -0.39 is 0 Å².